The number of aromatic nitrogens is 3. The molecule has 10 nitrogen and oxygen atoms in total. The van der Waals surface area contributed by atoms with Crippen LogP contribution in [0.1, 0.15) is 29.6 Å². The Morgan fingerprint density at radius 1 is 1.33 bits per heavy atom. The lowest BCUT2D eigenvalue weighted by Gasteiger charge is -2.19. The lowest BCUT2D eigenvalue weighted by molar-refractivity contribution is 0.0951. The fourth-order valence-corrected chi connectivity index (χ4v) is 4.06. The van der Waals surface area contributed by atoms with Crippen molar-refractivity contribution >= 4 is 21.9 Å². The van der Waals surface area contributed by atoms with Crippen LogP contribution in [0.4, 0.5) is 5.95 Å². The molecule has 2 N–H and O–H groups in total. The number of nitrogens with zero attached hydrogens (tertiary/aromatic N) is 5. The maximum Gasteiger partial charge on any atom is 0.266 e. The summed E-state index contributed by atoms with van der Waals surface area (Å²) in [5.41, 5.74) is 0.0818. The van der Waals surface area contributed by atoms with Gasteiger partial charge in [0.05, 0.1) is 5.69 Å². The number of sulfonamides is 1. The Bertz CT molecular complexity index is 1090. The summed E-state index contributed by atoms with van der Waals surface area (Å²) in [6.07, 6.45) is 8.27. The van der Waals surface area contributed by atoms with Crippen molar-refractivity contribution in [3.8, 4) is 18.0 Å². The van der Waals surface area contributed by atoms with Gasteiger partial charge in [0, 0.05) is 31.4 Å². The highest BCUT2D eigenvalue weighted by atomic mass is 32.2. The van der Waals surface area contributed by atoms with E-state index in [-0.39, 0.29) is 22.3 Å². The monoisotopic (exact) mass is 385 g/mol. The zero-order valence-corrected chi connectivity index (χ0v) is 14.9. The predicted octanol–water partition coefficient (Wildman–Crippen LogP) is 1.08. The number of carbonyl (C=O) groups excluding carboxylic acids is 1. The van der Waals surface area contributed by atoms with Gasteiger partial charge in [-0.15, -0.1) is 12.3 Å². The third-order valence-corrected chi connectivity index (χ3v) is 5.73. The van der Waals surface area contributed by atoms with Crippen molar-refractivity contribution < 1.29 is 13.2 Å². The molecule has 0 bridgehead atoms. The highest BCUT2D eigenvalue weighted by Gasteiger charge is 2.38. The van der Waals surface area contributed by atoms with Crippen LogP contribution in [0.2, 0.25) is 0 Å². The van der Waals surface area contributed by atoms with Crippen LogP contribution in [-0.4, -0.2) is 41.3 Å². The lowest BCUT2D eigenvalue weighted by atomic mass is 10.0. The molecule has 0 aliphatic carbocycles. The fraction of sp³-hybridized carbons (Fsp3) is 0.312. The smallest absolute Gasteiger partial charge is 0.266 e. The molecule has 0 saturated carbocycles. The van der Waals surface area contributed by atoms with Crippen LogP contribution in [0.5, 0.6) is 0 Å². The summed E-state index contributed by atoms with van der Waals surface area (Å²) >= 11 is 0. The second-order valence-electron chi connectivity index (χ2n) is 6.18. The number of terminal acetylenes is 1. The van der Waals surface area contributed by atoms with Gasteiger partial charge in [-0.25, -0.2) is 13.1 Å². The van der Waals surface area contributed by atoms with Crippen LogP contribution in [0, 0.1) is 12.3 Å². The minimum atomic E-state index is -3.83. The molecular weight excluding hydrogens is 370 g/mol. The van der Waals surface area contributed by atoms with E-state index in [0.717, 1.165) is 0 Å². The minimum absolute atomic E-state index is 0.0363. The number of carbonyl (C=O) groups is 1. The number of hydrogen-bond acceptors (Lipinski definition) is 7. The van der Waals surface area contributed by atoms with E-state index < -0.39 is 15.7 Å². The summed E-state index contributed by atoms with van der Waals surface area (Å²) in [6.45, 7) is 0.353. The molecule has 0 fully saturated rings. The zero-order valence-electron chi connectivity index (χ0n) is 14.1. The molecule has 4 rings (SSSR count). The Kier molecular flexibility index (Phi) is 3.92. The quantitative estimate of drug-likeness (QED) is 0.718. The van der Waals surface area contributed by atoms with E-state index >= 15 is 0 Å². The number of anilines is 1. The Morgan fingerprint density at radius 3 is 2.89 bits per heavy atom. The lowest BCUT2D eigenvalue weighted by Crippen LogP contribution is -2.29. The van der Waals surface area contributed by atoms with Gasteiger partial charge in [-0.1, -0.05) is 0 Å². The number of amides is 1. The predicted molar refractivity (Wildman–Crippen MR) is 94.8 cm³/mol. The molecule has 2 aliphatic rings. The van der Waals surface area contributed by atoms with Gasteiger partial charge in [0.1, 0.15) is 11.2 Å². The van der Waals surface area contributed by atoms with E-state index in [1.165, 1.54) is 23.1 Å². The standard InChI is InChI=1S/C16H15N7O3S/c1-2-3-6-16(21-22-16)7-8-17-14(24)11-4-5-12-13(9-11)27(25,26)20-15-18-10-19-23(12)15/h1,4-5,9-10H,3,6-8H2,(H,17,24)(H,18,19,20). The first kappa shape index (κ1) is 17.2. The third-order valence-electron chi connectivity index (χ3n) is 4.38. The van der Waals surface area contributed by atoms with Crippen LogP contribution >= 0.6 is 0 Å². The molecule has 0 radical (unpaired) electrons. The van der Waals surface area contributed by atoms with E-state index in [9.17, 15) is 13.2 Å². The number of fused-ring (bicyclic) bond motifs is 3. The van der Waals surface area contributed by atoms with Gasteiger partial charge in [0.25, 0.3) is 15.9 Å². The van der Waals surface area contributed by atoms with E-state index in [0.29, 0.717) is 31.5 Å². The highest BCUT2D eigenvalue weighted by molar-refractivity contribution is 7.93. The topological polar surface area (TPSA) is 131 Å². The molecule has 2 aromatic rings. The van der Waals surface area contributed by atoms with Gasteiger partial charge in [-0.2, -0.15) is 25.0 Å². The third kappa shape index (κ3) is 3.15. The number of benzene rings is 1. The Labute approximate surface area is 155 Å². The molecular formula is C16H15N7O3S. The number of hydrogen-bond donors (Lipinski definition) is 2. The van der Waals surface area contributed by atoms with Gasteiger partial charge < -0.3 is 5.32 Å². The van der Waals surface area contributed by atoms with Crippen LogP contribution in [0.3, 0.4) is 0 Å². The van der Waals surface area contributed by atoms with Crippen molar-refractivity contribution in [3.63, 3.8) is 0 Å². The second kappa shape index (κ2) is 6.17. The largest absolute Gasteiger partial charge is 0.352 e. The van der Waals surface area contributed by atoms with E-state index in [1.54, 1.807) is 6.07 Å². The van der Waals surface area contributed by atoms with Crippen LogP contribution in [-0.2, 0) is 10.0 Å². The van der Waals surface area contributed by atoms with Crippen LogP contribution < -0.4 is 10.0 Å². The maximum absolute atomic E-state index is 12.4. The van der Waals surface area contributed by atoms with Crippen molar-refractivity contribution in [2.75, 3.05) is 11.3 Å². The summed E-state index contributed by atoms with van der Waals surface area (Å²) in [5.74, 6) is 2.27. The summed E-state index contributed by atoms with van der Waals surface area (Å²) in [6, 6.07) is 4.39. The summed E-state index contributed by atoms with van der Waals surface area (Å²) < 4.78 is 28.5. The molecule has 0 saturated heterocycles. The first-order valence-electron chi connectivity index (χ1n) is 8.17. The normalized spacial score (nSPS) is 17.1. The number of rotatable bonds is 6. The summed E-state index contributed by atoms with van der Waals surface area (Å²) in [4.78, 5) is 16.2. The van der Waals surface area contributed by atoms with E-state index in [2.05, 4.69) is 36.3 Å². The minimum Gasteiger partial charge on any atom is -0.352 e. The van der Waals surface area contributed by atoms with Gasteiger partial charge in [0.2, 0.25) is 5.95 Å². The van der Waals surface area contributed by atoms with Crippen molar-refractivity contribution in [2.24, 2.45) is 10.2 Å². The van der Waals surface area contributed by atoms with Crippen LogP contribution in [0.25, 0.3) is 5.69 Å². The first-order chi connectivity index (χ1) is 12.9. The van der Waals surface area contributed by atoms with Crippen molar-refractivity contribution in [3.05, 3.63) is 30.1 Å². The van der Waals surface area contributed by atoms with Gasteiger partial charge in [-0.05, 0) is 18.2 Å². The van der Waals surface area contributed by atoms with Crippen molar-refractivity contribution in [1.82, 2.24) is 20.1 Å². The van der Waals surface area contributed by atoms with Crippen LogP contribution in [0.15, 0.2) is 39.7 Å². The molecule has 0 atom stereocenters. The molecule has 2 aliphatic heterocycles. The Morgan fingerprint density at radius 2 is 2.15 bits per heavy atom. The molecule has 0 spiro atoms. The average molecular weight is 385 g/mol. The average Bonchev–Trinajstić information content (AvgIpc) is 3.26. The molecule has 1 aromatic carbocycles. The Hall–Kier alpha value is -3.26. The van der Waals surface area contributed by atoms with E-state index in [1.807, 2.05) is 0 Å². The van der Waals surface area contributed by atoms with Gasteiger partial charge >= 0.3 is 0 Å². The van der Waals surface area contributed by atoms with E-state index in [4.69, 9.17) is 6.42 Å². The molecule has 1 aromatic heterocycles. The summed E-state index contributed by atoms with van der Waals surface area (Å²) in [7, 11) is -3.83. The zero-order chi connectivity index (χ0) is 19.1. The second-order valence-corrected chi connectivity index (χ2v) is 7.83. The number of nitrogens with one attached hydrogen (secondary N) is 2. The Balaban J connectivity index is 1.48. The molecule has 3 heterocycles. The van der Waals surface area contributed by atoms with Crippen molar-refractivity contribution in [1.29, 1.82) is 0 Å². The van der Waals surface area contributed by atoms with Gasteiger partial charge in [-0.3, -0.25) is 4.79 Å². The van der Waals surface area contributed by atoms with Crippen molar-refractivity contribution in [2.45, 2.75) is 29.8 Å². The molecule has 1 amide bonds. The fourth-order valence-electron chi connectivity index (χ4n) is 2.85. The molecule has 11 heteroatoms. The summed E-state index contributed by atoms with van der Waals surface area (Å²) in [5, 5.41) is 14.8. The molecule has 27 heavy (non-hydrogen) atoms. The SMILES string of the molecule is C#CCCC1(CCNC(=O)c2ccc3c(c2)S(=O)(=O)Nc2ncnn2-3)N=N1. The highest BCUT2D eigenvalue weighted by Crippen LogP contribution is 2.36. The van der Waals surface area contributed by atoms with Gasteiger partial charge in [0.15, 0.2) is 5.66 Å². The molecule has 0 unspecified atom stereocenters. The molecule has 138 valence electrons. The first-order valence-corrected chi connectivity index (χ1v) is 9.65. The maximum atomic E-state index is 12.4.